The first-order valence-corrected chi connectivity index (χ1v) is 15.2. The SMILES string of the molecule is c1ccc(-c2ccc(N(c3ccc4c(c3)sc3ccccc34)c3cccc4oc5cc6ncccc6cc5c34)cc2)cc1. The highest BCUT2D eigenvalue weighted by molar-refractivity contribution is 7.25. The molecule has 0 aliphatic carbocycles. The predicted octanol–water partition coefficient (Wildman–Crippen LogP) is 11.6. The molecule has 0 spiro atoms. The van der Waals surface area contributed by atoms with Gasteiger partial charge in [0.25, 0.3) is 0 Å². The quantitative estimate of drug-likeness (QED) is 0.211. The lowest BCUT2D eigenvalue weighted by atomic mass is 10.0. The second-order valence-corrected chi connectivity index (χ2v) is 11.9. The van der Waals surface area contributed by atoms with Gasteiger partial charge in [-0.25, -0.2) is 0 Å². The molecule has 0 unspecified atom stereocenters. The third-order valence-electron chi connectivity index (χ3n) is 8.29. The maximum absolute atomic E-state index is 6.45. The van der Waals surface area contributed by atoms with Gasteiger partial charge in [0.2, 0.25) is 0 Å². The fourth-order valence-electron chi connectivity index (χ4n) is 6.28. The third kappa shape index (κ3) is 3.92. The summed E-state index contributed by atoms with van der Waals surface area (Å²) in [5, 5.41) is 5.86. The number of benzene rings is 6. The maximum atomic E-state index is 6.45. The van der Waals surface area contributed by atoms with Gasteiger partial charge in [-0.1, -0.05) is 78.9 Å². The monoisotopic (exact) mass is 568 g/mol. The van der Waals surface area contributed by atoms with E-state index in [-0.39, 0.29) is 0 Å². The van der Waals surface area contributed by atoms with Crippen LogP contribution >= 0.6 is 11.3 Å². The summed E-state index contributed by atoms with van der Waals surface area (Å²) in [4.78, 5) is 6.93. The van der Waals surface area contributed by atoms with Crippen LogP contribution in [0.15, 0.2) is 150 Å². The minimum absolute atomic E-state index is 0.841. The number of pyridine rings is 1. The molecular formula is C39H24N2OS. The van der Waals surface area contributed by atoms with E-state index in [9.17, 15) is 0 Å². The van der Waals surface area contributed by atoms with Gasteiger partial charge >= 0.3 is 0 Å². The van der Waals surface area contributed by atoms with E-state index in [0.717, 1.165) is 49.9 Å². The van der Waals surface area contributed by atoms with E-state index in [1.165, 1.54) is 31.3 Å². The van der Waals surface area contributed by atoms with Crippen LogP contribution in [0.2, 0.25) is 0 Å². The van der Waals surface area contributed by atoms with E-state index >= 15 is 0 Å². The van der Waals surface area contributed by atoms with Crippen molar-refractivity contribution in [3.8, 4) is 11.1 Å². The second-order valence-electron chi connectivity index (χ2n) is 10.8. The third-order valence-corrected chi connectivity index (χ3v) is 9.43. The van der Waals surface area contributed by atoms with Gasteiger partial charge in [0, 0.05) is 54.6 Å². The number of fused-ring (bicyclic) bond motifs is 7. The maximum Gasteiger partial charge on any atom is 0.137 e. The molecule has 0 radical (unpaired) electrons. The van der Waals surface area contributed by atoms with Crippen LogP contribution in [0.1, 0.15) is 0 Å². The Morgan fingerprint density at radius 1 is 0.535 bits per heavy atom. The van der Waals surface area contributed by atoms with Crippen LogP contribution in [0, 0.1) is 0 Å². The summed E-state index contributed by atoms with van der Waals surface area (Å²) in [7, 11) is 0. The number of thiophene rings is 1. The van der Waals surface area contributed by atoms with Gasteiger partial charge in [-0.15, -0.1) is 11.3 Å². The average Bonchev–Trinajstić information content (AvgIpc) is 3.62. The van der Waals surface area contributed by atoms with Gasteiger partial charge in [0.05, 0.1) is 16.6 Å². The van der Waals surface area contributed by atoms with E-state index in [0.29, 0.717) is 0 Å². The number of aromatic nitrogens is 1. The van der Waals surface area contributed by atoms with Crippen molar-refractivity contribution in [2.24, 2.45) is 0 Å². The number of furan rings is 1. The Balaban J connectivity index is 1.30. The molecule has 0 saturated heterocycles. The molecule has 4 heteroatoms. The van der Waals surface area contributed by atoms with E-state index in [4.69, 9.17) is 4.42 Å². The standard InChI is InChI=1S/C39H24N2OS/c1-2-8-25(9-3-1)26-15-17-28(18-16-26)41(29-19-20-31-30-11-4-5-14-37(30)43-38(31)23-29)34-12-6-13-35-39(34)32-22-27-10-7-21-40-33(27)24-36(32)42-35/h1-24H. The van der Waals surface area contributed by atoms with Crippen LogP contribution in [0.25, 0.3) is 64.1 Å². The Hall–Kier alpha value is -5.45. The summed E-state index contributed by atoms with van der Waals surface area (Å²) in [6.07, 6.45) is 1.83. The van der Waals surface area contributed by atoms with Crippen LogP contribution in [-0.2, 0) is 0 Å². The summed E-state index contributed by atoms with van der Waals surface area (Å²) in [6, 6.07) is 49.6. The minimum atomic E-state index is 0.841. The number of anilines is 3. The molecule has 0 saturated carbocycles. The molecule has 9 aromatic rings. The van der Waals surface area contributed by atoms with Gasteiger partial charge in [-0.05, 0) is 65.7 Å². The first-order chi connectivity index (χ1) is 21.3. The van der Waals surface area contributed by atoms with Gasteiger partial charge < -0.3 is 9.32 Å². The molecule has 0 aliphatic rings. The molecular weight excluding hydrogens is 545 g/mol. The molecule has 9 rings (SSSR count). The van der Waals surface area contributed by atoms with Crippen molar-refractivity contribution in [1.82, 2.24) is 4.98 Å². The van der Waals surface area contributed by atoms with Crippen LogP contribution in [0.3, 0.4) is 0 Å². The molecule has 6 aromatic carbocycles. The van der Waals surface area contributed by atoms with E-state index in [2.05, 4.69) is 143 Å². The van der Waals surface area contributed by atoms with Crippen molar-refractivity contribution in [2.45, 2.75) is 0 Å². The van der Waals surface area contributed by atoms with Crippen LogP contribution in [0.5, 0.6) is 0 Å². The lowest BCUT2D eigenvalue weighted by molar-refractivity contribution is 0.669. The van der Waals surface area contributed by atoms with Gasteiger partial charge in [-0.3, -0.25) is 4.98 Å². The Morgan fingerprint density at radius 3 is 2.23 bits per heavy atom. The Morgan fingerprint density at radius 2 is 1.33 bits per heavy atom. The zero-order chi connectivity index (χ0) is 28.3. The summed E-state index contributed by atoms with van der Waals surface area (Å²) >= 11 is 1.84. The summed E-state index contributed by atoms with van der Waals surface area (Å²) < 4.78 is 9.02. The average molecular weight is 569 g/mol. The second kappa shape index (κ2) is 9.55. The molecule has 3 nitrogen and oxygen atoms in total. The predicted molar refractivity (Wildman–Crippen MR) is 182 cm³/mol. The Labute approximate surface area is 251 Å². The fraction of sp³-hybridized carbons (Fsp3) is 0. The molecule has 3 heterocycles. The van der Waals surface area contributed by atoms with Crippen molar-refractivity contribution >= 4 is 81.4 Å². The highest BCUT2D eigenvalue weighted by Crippen LogP contribution is 2.45. The number of hydrogen-bond donors (Lipinski definition) is 0. The Kier molecular flexibility index (Phi) is 5.37. The van der Waals surface area contributed by atoms with Crippen LogP contribution in [0.4, 0.5) is 17.1 Å². The zero-order valence-electron chi connectivity index (χ0n) is 23.1. The van der Waals surface area contributed by atoms with Crippen molar-refractivity contribution in [2.75, 3.05) is 4.90 Å². The van der Waals surface area contributed by atoms with Gasteiger partial charge in [-0.2, -0.15) is 0 Å². The molecule has 43 heavy (non-hydrogen) atoms. The summed E-state index contributed by atoms with van der Waals surface area (Å²) in [6.45, 7) is 0. The van der Waals surface area contributed by atoms with Crippen molar-refractivity contribution < 1.29 is 4.42 Å². The van der Waals surface area contributed by atoms with E-state index in [1.807, 2.05) is 23.6 Å². The topological polar surface area (TPSA) is 29.3 Å². The van der Waals surface area contributed by atoms with Gasteiger partial charge in [0.15, 0.2) is 0 Å². The fourth-order valence-corrected chi connectivity index (χ4v) is 7.41. The van der Waals surface area contributed by atoms with Crippen molar-refractivity contribution in [1.29, 1.82) is 0 Å². The van der Waals surface area contributed by atoms with Gasteiger partial charge in [0.1, 0.15) is 11.2 Å². The lowest BCUT2D eigenvalue weighted by Gasteiger charge is -2.26. The van der Waals surface area contributed by atoms with Crippen molar-refractivity contribution in [3.05, 3.63) is 146 Å². The zero-order valence-corrected chi connectivity index (χ0v) is 23.9. The first-order valence-electron chi connectivity index (χ1n) is 14.4. The molecule has 0 amide bonds. The summed E-state index contributed by atoms with van der Waals surface area (Å²) in [5.41, 5.74) is 8.29. The lowest BCUT2D eigenvalue weighted by Crippen LogP contribution is -2.10. The number of nitrogens with zero attached hydrogens (tertiary/aromatic N) is 2. The largest absolute Gasteiger partial charge is 0.456 e. The highest BCUT2D eigenvalue weighted by Gasteiger charge is 2.21. The summed E-state index contributed by atoms with van der Waals surface area (Å²) in [5.74, 6) is 0. The van der Waals surface area contributed by atoms with Crippen LogP contribution in [-0.4, -0.2) is 4.98 Å². The normalized spacial score (nSPS) is 11.7. The number of hydrogen-bond acceptors (Lipinski definition) is 4. The first kappa shape index (κ1) is 24.2. The molecule has 0 bridgehead atoms. The molecule has 0 fully saturated rings. The van der Waals surface area contributed by atoms with Crippen LogP contribution < -0.4 is 4.90 Å². The Bertz CT molecular complexity index is 2460. The smallest absolute Gasteiger partial charge is 0.137 e. The molecule has 202 valence electrons. The van der Waals surface area contributed by atoms with E-state index in [1.54, 1.807) is 0 Å². The van der Waals surface area contributed by atoms with Crippen molar-refractivity contribution in [3.63, 3.8) is 0 Å². The van der Waals surface area contributed by atoms with E-state index < -0.39 is 0 Å². The molecule has 0 N–H and O–H groups in total. The molecule has 3 aromatic heterocycles. The minimum Gasteiger partial charge on any atom is -0.456 e. The molecule has 0 aliphatic heterocycles. The highest BCUT2D eigenvalue weighted by atomic mass is 32.1. The molecule has 0 atom stereocenters. The number of rotatable bonds is 4.